The molecule has 0 spiro atoms. The van der Waals surface area contributed by atoms with Crippen molar-refractivity contribution in [2.45, 2.75) is 36.9 Å². The monoisotopic (exact) mass is 399 g/mol. The molecule has 7 heteroatoms. The summed E-state index contributed by atoms with van der Waals surface area (Å²) in [6.45, 7) is 4.18. The molecule has 2 aromatic heterocycles. The maximum Gasteiger partial charge on any atom is 0.271 e. The van der Waals surface area contributed by atoms with E-state index in [1.165, 1.54) is 16.9 Å². The fraction of sp³-hybridized carbons (Fsp3) is 0.250. The summed E-state index contributed by atoms with van der Waals surface area (Å²) >= 11 is 1.30. The molecule has 1 unspecified atom stereocenters. The highest BCUT2D eigenvalue weighted by Gasteiger charge is 2.27. The lowest BCUT2D eigenvalue weighted by Gasteiger charge is -2.24. The summed E-state index contributed by atoms with van der Waals surface area (Å²) in [5, 5.41) is 0. The van der Waals surface area contributed by atoms with Gasteiger partial charge in [-0.3, -0.25) is 4.72 Å². The van der Waals surface area contributed by atoms with E-state index in [0.717, 1.165) is 29.2 Å². The molecule has 0 fully saturated rings. The van der Waals surface area contributed by atoms with E-state index in [0.29, 0.717) is 15.9 Å². The number of nitrogens with one attached hydrogen (secondary N) is 1. The Labute approximate surface area is 163 Å². The second-order valence-corrected chi connectivity index (χ2v) is 9.71. The predicted octanol–water partition coefficient (Wildman–Crippen LogP) is 4.59. The van der Waals surface area contributed by atoms with E-state index in [4.69, 9.17) is 0 Å². The highest BCUT2D eigenvalue weighted by Crippen LogP contribution is 2.37. The minimum Gasteiger partial charge on any atom is -0.323 e. The second kappa shape index (κ2) is 6.98. The van der Waals surface area contributed by atoms with Crippen LogP contribution in [0.2, 0.25) is 0 Å². The van der Waals surface area contributed by atoms with E-state index < -0.39 is 10.0 Å². The van der Waals surface area contributed by atoms with Gasteiger partial charge in [0, 0.05) is 16.6 Å². The van der Waals surface area contributed by atoms with E-state index in [1.54, 1.807) is 18.3 Å². The fourth-order valence-electron chi connectivity index (χ4n) is 3.40. The standard InChI is InChI=1S/C20H21N3O2S2/c1-3-17-9-11-20(26-17)27(24,25)22-16-8-10-19(21-13-16)23-14(2)12-15-6-4-5-7-18(15)23/h4-11,13-14,22H,3,12H2,1-2H3. The molecule has 0 aliphatic carbocycles. The van der Waals surface area contributed by atoms with Crippen molar-refractivity contribution >= 4 is 38.6 Å². The molecule has 4 rings (SSSR count). The van der Waals surface area contributed by atoms with Crippen molar-refractivity contribution in [1.82, 2.24) is 4.98 Å². The van der Waals surface area contributed by atoms with Gasteiger partial charge in [0.25, 0.3) is 10.0 Å². The number of nitrogens with zero attached hydrogens (tertiary/aromatic N) is 2. The highest BCUT2D eigenvalue weighted by molar-refractivity contribution is 7.94. The van der Waals surface area contributed by atoms with Gasteiger partial charge in [-0.25, -0.2) is 13.4 Å². The van der Waals surface area contributed by atoms with Gasteiger partial charge < -0.3 is 4.90 Å². The molecule has 0 bridgehead atoms. The van der Waals surface area contributed by atoms with Gasteiger partial charge in [0.1, 0.15) is 10.0 Å². The molecule has 1 N–H and O–H groups in total. The molecule has 3 aromatic rings. The number of para-hydroxylation sites is 1. The number of pyridine rings is 1. The minimum absolute atomic E-state index is 0.316. The maximum atomic E-state index is 12.5. The normalized spacial score (nSPS) is 16.4. The van der Waals surface area contributed by atoms with Crippen LogP contribution in [0.25, 0.3) is 0 Å². The summed E-state index contributed by atoms with van der Waals surface area (Å²) in [7, 11) is -3.58. The zero-order valence-electron chi connectivity index (χ0n) is 15.2. The van der Waals surface area contributed by atoms with Crippen LogP contribution < -0.4 is 9.62 Å². The Morgan fingerprint density at radius 2 is 2.00 bits per heavy atom. The first-order valence-corrected chi connectivity index (χ1v) is 11.2. The molecule has 0 radical (unpaired) electrons. The second-order valence-electron chi connectivity index (χ2n) is 6.64. The Kier molecular flexibility index (Phi) is 4.65. The Morgan fingerprint density at radius 1 is 1.19 bits per heavy atom. The molecule has 0 saturated heterocycles. The van der Waals surface area contributed by atoms with Gasteiger partial charge in [-0.05, 0) is 55.7 Å². The SMILES string of the molecule is CCc1ccc(S(=O)(=O)Nc2ccc(N3c4ccccc4CC3C)nc2)s1. The number of anilines is 3. The van der Waals surface area contributed by atoms with Crippen molar-refractivity contribution in [3.8, 4) is 0 Å². The summed E-state index contributed by atoms with van der Waals surface area (Å²) in [5.74, 6) is 0.819. The van der Waals surface area contributed by atoms with Gasteiger partial charge in [-0.1, -0.05) is 25.1 Å². The van der Waals surface area contributed by atoms with Crippen LogP contribution >= 0.6 is 11.3 Å². The van der Waals surface area contributed by atoms with Gasteiger partial charge >= 0.3 is 0 Å². The summed E-state index contributed by atoms with van der Waals surface area (Å²) < 4.78 is 28.0. The van der Waals surface area contributed by atoms with Crippen molar-refractivity contribution in [3.05, 3.63) is 65.2 Å². The number of aryl methyl sites for hydroxylation is 1. The summed E-state index contributed by atoms with van der Waals surface area (Å²) in [6, 6.07) is 15.8. The number of hydrogen-bond donors (Lipinski definition) is 1. The average Bonchev–Trinajstić information content (AvgIpc) is 3.26. The molecule has 0 saturated carbocycles. The van der Waals surface area contributed by atoms with Crippen LogP contribution in [0, 0.1) is 0 Å². The zero-order valence-corrected chi connectivity index (χ0v) is 16.8. The van der Waals surface area contributed by atoms with Crippen LogP contribution in [0.15, 0.2) is 58.9 Å². The molecule has 0 amide bonds. The minimum atomic E-state index is -3.58. The zero-order chi connectivity index (χ0) is 19.0. The largest absolute Gasteiger partial charge is 0.323 e. The first-order valence-electron chi connectivity index (χ1n) is 8.92. The predicted molar refractivity (Wildman–Crippen MR) is 110 cm³/mol. The first kappa shape index (κ1) is 18.0. The van der Waals surface area contributed by atoms with E-state index in [9.17, 15) is 8.42 Å². The van der Waals surface area contributed by atoms with Crippen LogP contribution in [0.1, 0.15) is 24.3 Å². The van der Waals surface area contributed by atoms with Crippen LogP contribution in [0.5, 0.6) is 0 Å². The Balaban J connectivity index is 1.56. The molecule has 3 heterocycles. The molecule has 140 valence electrons. The van der Waals surface area contributed by atoms with Crippen molar-refractivity contribution in [2.24, 2.45) is 0 Å². The molecular weight excluding hydrogens is 378 g/mol. The number of hydrogen-bond acceptors (Lipinski definition) is 5. The summed E-state index contributed by atoms with van der Waals surface area (Å²) in [5.41, 5.74) is 2.93. The van der Waals surface area contributed by atoms with E-state index in [1.807, 2.05) is 25.1 Å². The van der Waals surface area contributed by atoms with Crippen molar-refractivity contribution in [3.63, 3.8) is 0 Å². The fourth-order valence-corrected chi connectivity index (χ4v) is 5.74. The van der Waals surface area contributed by atoms with Crippen LogP contribution in [0.4, 0.5) is 17.2 Å². The quantitative estimate of drug-likeness (QED) is 0.682. The van der Waals surface area contributed by atoms with E-state index in [2.05, 4.69) is 39.7 Å². The first-order chi connectivity index (χ1) is 13.0. The van der Waals surface area contributed by atoms with Crippen molar-refractivity contribution < 1.29 is 8.42 Å². The smallest absolute Gasteiger partial charge is 0.271 e. The third-order valence-electron chi connectivity index (χ3n) is 4.70. The lowest BCUT2D eigenvalue weighted by molar-refractivity contribution is 0.603. The molecule has 5 nitrogen and oxygen atoms in total. The van der Waals surface area contributed by atoms with Gasteiger partial charge in [-0.15, -0.1) is 11.3 Å². The van der Waals surface area contributed by atoms with Gasteiger partial charge in [0.05, 0.1) is 11.9 Å². The number of rotatable bonds is 5. The Morgan fingerprint density at radius 3 is 2.70 bits per heavy atom. The molecule has 1 atom stereocenters. The van der Waals surface area contributed by atoms with Gasteiger partial charge in [0.15, 0.2) is 0 Å². The van der Waals surface area contributed by atoms with Crippen molar-refractivity contribution in [2.75, 3.05) is 9.62 Å². The highest BCUT2D eigenvalue weighted by atomic mass is 32.2. The third-order valence-corrected chi connectivity index (χ3v) is 7.81. The molecule has 27 heavy (non-hydrogen) atoms. The Bertz CT molecular complexity index is 1060. The average molecular weight is 400 g/mol. The van der Waals surface area contributed by atoms with Crippen LogP contribution in [0.3, 0.4) is 0 Å². The number of thiophene rings is 1. The number of benzene rings is 1. The van der Waals surface area contributed by atoms with Gasteiger partial charge in [-0.2, -0.15) is 0 Å². The number of sulfonamides is 1. The van der Waals surface area contributed by atoms with Crippen molar-refractivity contribution in [1.29, 1.82) is 0 Å². The lowest BCUT2D eigenvalue weighted by atomic mass is 10.1. The molecule has 1 aliphatic heterocycles. The maximum absolute atomic E-state index is 12.5. The van der Waals surface area contributed by atoms with E-state index in [-0.39, 0.29) is 0 Å². The van der Waals surface area contributed by atoms with Crippen LogP contribution in [-0.2, 0) is 22.9 Å². The number of aromatic nitrogens is 1. The Hall–Kier alpha value is -2.38. The molecule has 1 aliphatic rings. The molecular formula is C20H21N3O2S2. The van der Waals surface area contributed by atoms with E-state index >= 15 is 0 Å². The summed E-state index contributed by atoms with van der Waals surface area (Å²) in [4.78, 5) is 7.75. The van der Waals surface area contributed by atoms with Crippen LogP contribution in [-0.4, -0.2) is 19.4 Å². The number of fused-ring (bicyclic) bond motifs is 1. The van der Waals surface area contributed by atoms with Gasteiger partial charge in [0.2, 0.25) is 0 Å². The third kappa shape index (κ3) is 3.44. The lowest BCUT2D eigenvalue weighted by Crippen LogP contribution is -2.24. The molecule has 1 aromatic carbocycles. The summed E-state index contributed by atoms with van der Waals surface area (Å²) in [6.07, 6.45) is 3.38. The topological polar surface area (TPSA) is 62.3 Å².